The van der Waals surface area contributed by atoms with Gasteiger partial charge in [0.05, 0.1) is 6.10 Å². The van der Waals surface area contributed by atoms with E-state index in [4.69, 9.17) is 4.74 Å². The molecule has 0 bridgehead atoms. The van der Waals surface area contributed by atoms with Crippen molar-refractivity contribution >= 4 is 6.03 Å². The third kappa shape index (κ3) is 3.61. The Kier molecular flexibility index (Phi) is 4.49. The minimum atomic E-state index is -0.0245. The quantitative estimate of drug-likeness (QED) is 0.788. The molecule has 104 valence electrons. The molecular formula is C14H26N2O2. The second kappa shape index (κ2) is 5.91. The van der Waals surface area contributed by atoms with E-state index in [1.807, 2.05) is 0 Å². The van der Waals surface area contributed by atoms with Crippen molar-refractivity contribution in [3.63, 3.8) is 0 Å². The SMILES string of the molecule is CC(C)[C@H]1OCC[C@@H]1CNC(=O)NC[C@H]1C[C@H]1C. The van der Waals surface area contributed by atoms with Crippen LogP contribution >= 0.6 is 0 Å². The third-order valence-corrected chi connectivity index (χ3v) is 4.25. The highest BCUT2D eigenvalue weighted by Crippen LogP contribution is 2.36. The summed E-state index contributed by atoms with van der Waals surface area (Å²) in [4.78, 5) is 11.7. The predicted octanol–water partition coefficient (Wildman–Crippen LogP) is 2.00. The van der Waals surface area contributed by atoms with Crippen LogP contribution in [0, 0.1) is 23.7 Å². The number of urea groups is 1. The van der Waals surface area contributed by atoms with Gasteiger partial charge in [0.2, 0.25) is 0 Å². The lowest BCUT2D eigenvalue weighted by molar-refractivity contribution is 0.0545. The lowest BCUT2D eigenvalue weighted by Gasteiger charge is -2.22. The summed E-state index contributed by atoms with van der Waals surface area (Å²) in [6.07, 6.45) is 2.61. The molecule has 2 aliphatic rings. The molecule has 2 rings (SSSR count). The Balaban J connectivity index is 1.62. The van der Waals surface area contributed by atoms with Crippen molar-refractivity contribution in [1.29, 1.82) is 0 Å². The predicted molar refractivity (Wildman–Crippen MR) is 71.4 cm³/mol. The van der Waals surface area contributed by atoms with E-state index in [0.717, 1.165) is 32.0 Å². The van der Waals surface area contributed by atoms with Gasteiger partial charge in [0, 0.05) is 25.6 Å². The first-order valence-corrected chi connectivity index (χ1v) is 7.21. The van der Waals surface area contributed by atoms with Crippen LogP contribution in [0.3, 0.4) is 0 Å². The van der Waals surface area contributed by atoms with E-state index in [1.54, 1.807) is 0 Å². The molecule has 4 heteroatoms. The number of carbonyl (C=O) groups excluding carboxylic acids is 1. The minimum absolute atomic E-state index is 0.0245. The molecule has 0 radical (unpaired) electrons. The van der Waals surface area contributed by atoms with E-state index in [9.17, 15) is 4.79 Å². The minimum Gasteiger partial charge on any atom is -0.378 e. The van der Waals surface area contributed by atoms with Crippen LogP contribution < -0.4 is 10.6 Å². The maximum Gasteiger partial charge on any atom is 0.314 e. The highest BCUT2D eigenvalue weighted by molar-refractivity contribution is 5.73. The molecule has 0 unspecified atom stereocenters. The first-order chi connectivity index (χ1) is 8.58. The Labute approximate surface area is 110 Å². The van der Waals surface area contributed by atoms with Crippen LogP contribution in [-0.4, -0.2) is 31.8 Å². The van der Waals surface area contributed by atoms with E-state index in [-0.39, 0.29) is 6.03 Å². The van der Waals surface area contributed by atoms with Crippen LogP contribution in [0.1, 0.15) is 33.6 Å². The summed E-state index contributed by atoms with van der Waals surface area (Å²) >= 11 is 0. The highest BCUT2D eigenvalue weighted by Gasteiger charge is 2.33. The molecule has 0 aromatic carbocycles. The zero-order chi connectivity index (χ0) is 13.1. The molecular weight excluding hydrogens is 228 g/mol. The maximum atomic E-state index is 11.7. The Hall–Kier alpha value is -0.770. The van der Waals surface area contributed by atoms with Crippen LogP contribution in [-0.2, 0) is 4.74 Å². The fraction of sp³-hybridized carbons (Fsp3) is 0.929. The first kappa shape index (κ1) is 13.7. The second-order valence-electron chi connectivity index (χ2n) is 6.19. The van der Waals surface area contributed by atoms with Gasteiger partial charge in [0.15, 0.2) is 0 Å². The Morgan fingerprint density at radius 3 is 2.44 bits per heavy atom. The molecule has 2 N–H and O–H groups in total. The molecule has 2 amide bonds. The molecule has 1 aliphatic heterocycles. The van der Waals surface area contributed by atoms with E-state index in [0.29, 0.717) is 23.9 Å². The van der Waals surface area contributed by atoms with Gasteiger partial charge in [-0.1, -0.05) is 20.8 Å². The zero-order valence-electron chi connectivity index (χ0n) is 11.7. The largest absolute Gasteiger partial charge is 0.378 e. The fourth-order valence-corrected chi connectivity index (χ4v) is 2.80. The molecule has 1 saturated carbocycles. The molecule has 4 nitrogen and oxygen atoms in total. The van der Waals surface area contributed by atoms with E-state index in [2.05, 4.69) is 31.4 Å². The van der Waals surface area contributed by atoms with E-state index >= 15 is 0 Å². The lowest BCUT2D eigenvalue weighted by Crippen LogP contribution is -2.41. The van der Waals surface area contributed by atoms with Crippen LogP contribution in [0.4, 0.5) is 4.79 Å². The van der Waals surface area contributed by atoms with Gasteiger partial charge in [0.1, 0.15) is 0 Å². The van der Waals surface area contributed by atoms with Gasteiger partial charge >= 0.3 is 6.03 Å². The number of hydrogen-bond acceptors (Lipinski definition) is 2. The normalized spacial score (nSPS) is 34.7. The number of amides is 2. The smallest absolute Gasteiger partial charge is 0.314 e. The number of rotatable bonds is 5. The average Bonchev–Trinajstić information content (AvgIpc) is 2.85. The molecule has 0 spiro atoms. The lowest BCUT2D eigenvalue weighted by atomic mass is 9.93. The first-order valence-electron chi connectivity index (χ1n) is 7.21. The summed E-state index contributed by atoms with van der Waals surface area (Å²) in [5, 5.41) is 5.93. The van der Waals surface area contributed by atoms with Crippen molar-refractivity contribution in [2.75, 3.05) is 19.7 Å². The van der Waals surface area contributed by atoms with Gasteiger partial charge < -0.3 is 15.4 Å². The second-order valence-corrected chi connectivity index (χ2v) is 6.19. The third-order valence-electron chi connectivity index (χ3n) is 4.25. The van der Waals surface area contributed by atoms with Gasteiger partial charge in [-0.3, -0.25) is 0 Å². The standard InChI is InChI=1S/C14H26N2O2/c1-9(2)13-11(4-5-18-13)7-15-14(17)16-8-12-6-10(12)3/h9-13H,4-8H2,1-3H3,(H2,15,16,17)/t10-,11-,12-,13-/m1/s1. The molecule has 1 saturated heterocycles. The van der Waals surface area contributed by atoms with Crippen molar-refractivity contribution < 1.29 is 9.53 Å². The van der Waals surface area contributed by atoms with E-state index in [1.165, 1.54) is 6.42 Å². The summed E-state index contributed by atoms with van der Waals surface area (Å²) in [5.74, 6) is 2.48. The molecule has 1 aliphatic carbocycles. The molecule has 1 heterocycles. The Morgan fingerprint density at radius 2 is 1.89 bits per heavy atom. The summed E-state index contributed by atoms with van der Waals surface area (Å²) in [6.45, 7) is 8.97. The molecule has 4 atom stereocenters. The average molecular weight is 254 g/mol. The van der Waals surface area contributed by atoms with Crippen molar-refractivity contribution in [2.45, 2.75) is 39.7 Å². The molecule has 18 heavy (non-hydrogen) atoms. The monoisotopic (exact) mass is 254 g/mol. The van der Waals surface area contributed by atoms with Crippen LogP contribution in [0.25, 0.3) is 0 Å². The topological polar surface area (TPSA) is 50.4 Å². The Morgan fingerprint density at radius 1 is 1.28 bits per heavy atom. The van der Waals surface area contributed by atoms with Gasteiger partial charge in [-0.2, -0.15) is 0 Å². The van der Waals surface area contributed by atoms with Crippen LogP contribution in [0.2, 0.25) is 0 Å². The number of nitrogens with one attached hydrogen (secondary N) is 2. The van der Waals surface area contributed by atoms with Crippen molar-refractivity contribution in [2.24, 2.45) is 23.7 Å². The van der Waals surface area contributed by atoms with Crippen LogP contribution in [0.5, 0.6) is 0 Å². The summed E-state index contributed by atoms with van der Waals surface area (Å²) in [6, 6.07) is -0.0245. The zero-order valence-corrected chi connectivity index (χ0v) is 11.7. The number of carbonyl (C=O) groups is 1. The summed E-state index contributed by atoms with van der Waals surface area (Å²) < 4.78 is 5.71. The van der Waals surface area contributed by atoms with Crippen molar-refractivity contribution in [3.8, 4) is 0 Å². The maximum absolute atomic E-state index is 11.7. The summed E-state index contributed by atoms with van der Waals surface area (Å²) in [5.41, 5.74) is 0. The Bertz CT molecular complexity index is 294. The van der Waals surface area contributed by atoms with Gasteiger partial charge in [0.25, 0.3) is 0 Å². The van der Waals surface area contributed by atoms with E-state index < -0.39 is 0 Å². The fourth-order valence-electron chi connectivity index (χ4n) is 2.80. The number of hydrogen-bond donors (Lipinski definition) is 2. The molecule has 0 aromatic heterocycles. The highest BCUT2D eigenvalue weighted by atomic mass is 16.5. The van der Waals surface area contributed by atoms with Crippen molar-refractivity contribution in [3.05, 3.63) is 0 Å². The molecule has 2 fully saturated rings. The van der Waals surface area contributed by atoms with Crippen molar-refractivity contribution in [1.82, 2.24) is 10.6 Å². The van der Waals surface area contributed by atoms with Gasteiger partial charge in [-0.15, -0.1) is 0 Å². The molecule has 0 aromatic rings. The van der Waals surface area contributed by atoms with Gasteiger partial charge in [-0.25, -0.2) is 4.79 Å². The van der Waals surface area contributed by atoms with Gasteiger partial charge in [-0.05, 0) is 30.6 Å². The summed E-state index contributed by atoms with van der Waals surface area (Å²) in [7, 11) is 0. The van der Waals surface area contributed by atoms with Crippen LogP contribution in [0.15, 0.2) is 0 Å². The number of ether oxygens (including phenoxy) is 1.